The SMILES string of the molecule is CC[Si](CC)(CC)O[C@H]1C(=O)N(C(=O)c2ccccc2)[C@H]1c1ccc(Cl)cc1. The van der Waals surface area contributed by atoms with Crippen LogP contribution in [0.15, 0.2) is 54.6 Å². The van der Waals surface area contributed by atoms with Gasteiger partial charge in [0, 0.05) is 10.6 Å². The Kier molecular flexibility index (Phi) is 6.38. The molecule has 0 radical (unpaired) electrons. The number of benzene rings is 2. The van der Waals surface area contributed by atoms with Crippen molar-refractivity contribution >= 4 is 31.7 Å². The molecule has 2 aromatic rings. The predicted octanol–water partition coefficient (Wildman–Crippen LogP) is 5.45. The Morgan fingerprint density at radius 3 is 2.11 bits per heavy atom. The van der Waals surface area contributed by atoms with E-state index in [-0.39, 0.29) is 11.8 Å². The van der Waals surface area contributed by atoms with Crippen LogP contribution in [0.25, 0.3) is 0 Å². The Morgan fingerprint density at radius 2 is 1.57 bits per heavy atom. The summed E-state index contributed by atoms with van der Waals surface area (Å²) in [6.07, 6.45) is -0.611. The molecule has 1 heterocycles. The quantitative estimate of drug-likeness (QED) is 0.343. The standard InChI is InChI=1S/C22H26ClNO3Si/c1-4-28(5-2,6-3)27-20-19(16-12-14-18(23)15-13-16)24(22(20)26)21(25)17-10-8-7-9-11-17/h7-15,19-20H,4-6H2,1-3H3/t19-,20+/m0/s1. The summed E-state index contributed by atoms with van der Waals surface area (Å²) >= 11 is 6.04. The van der Waals surface area contributed by atoms with E-state index < -0.39 is 20.5 Å². The van der Waals surface area contributed by atoms with E-state index in [1.165, 1.54) is 4.90 Å². The third-order valence-corrected chi connectivity index (χ3v) is 10.7. The van der Waals surface area contributed by atoms with Crippen LogP contribution in [0.2, 0.25) is 23.2 Å². The van der Waals surface area contributed by atoms with Gasteiger partial charge in [0.05, 0.1) is 6.04 Å². The fourth-order valence-corrected chi connectivity index (χ4v) is 6.67. The van der Waals surface area contributed by atoms with Crippen molar-refractivity contribution in [3.8, 4) is 0 Å². The third kappa shape index (κ3) is 3.79. The lowest BCUT2D eigenvalue weighted by atomic mass is 9.90. The predicted molar refractivity (Wildman–Crippen MR) is 114 cm³/mol. The van der Waals surface area contributed by atoms with Gasteiger partial charge in [-0.25, -0.2) is 0 Å². The third-order valence-electron chi connectivity index (χ3n) is 5.81. The minimum atomic E-state index is -2.01. The van der Waals surface area contributed by atoms with Gasteiger partial charge in [-0.1, -0.05) is 62.7 Å². The van der Waals surface area contributed by atoms with E-state index in [2.05, 4.69) is 20.8 Å². The average molecular weight is 416 g/mol. The maximum absolute atomic E-state index is 13.0. The Hall–Kier alpha value is -1.95. The highest BCUT2D eigenvalue weighted by atomic mass is 35.5. The Bertz CT molecular complexity index is 828. The molecule has 1 aliphatic heterocycles. The molecule has 4 nitrogen and oxygen atoms in total. The van der Waals surface area contributed by atoms with Crippen LogP contribution in [0, 0.1) is 0 Å². The lowest BCUT2D eigenvalue weighted by Gasteiger charge is -2.48. The number of carbonyl (C=O) groups excluding carboxylic acids is 2. The monoisotopic (exact) mass is 415 g/mol. The van der Waals surface area contributed by atoms with Crippen LogP contribution in [0.3, 0.4) is 0 Å². The summed E-state index contributed by atoms with van der Waals surface area (Å²) in [5.74, 6) is -0.539. The van der Waals surface area contributed by atoms with E-state index in [1.54, 1.807) is 36.4 Å². The second-order valence-corrected chi connectivity index (χ2v) is 12.3. The Labute approximate surface area is 172 Å². The van der Waals surface area contributed by atoms with Crippen molar-refractivity contribution in [1.82, 2.24) is 4.90 Å². The first-order valence-electron chi connectivity index (χ1n) is 9.82. The highest BCUT2D eigenvalue weighted by molar-refractivity contribution is 6.73. The van der Waals surface area contributed by atoms with Gasteiger partial charge in [0.2, 0.25) is 0 Å². The normalized spacial score (nSPS) is 19.4. The average Bonchev–Trinajstić information content (AvgIpc) is 2.74. The number of rotatable bonds is 7. The molecule has 148 valence electrons. The van der Waals surface area contributed by atoms with E-state index in [9.17, 15) is 9.59 Å². The summed E-state index contributed by atoms with van der Waals surface area (Å²) in [6.45, 7) is 6.39. The molecule has 0 unspecified atom stereocenters. The van der Waals surface area contributed by atoms with E-state index in [1.807, 2.05) is 18.2 Å². The lowest BCUT2D eigenvalue weighted by Crippen LogP contribution is -2.64. The maximum atomic E-state index is 13.0. The van der Waals surface area contributed by atoms with Gasteiger partial charge in [-0.05, 0) is 48.0 Å². The zero-order chi connectivity index (χ0) is 20.3. The van der Waals surface area contributed by atoms with Crippen LogP contribution >= 0.6 is 11.6 Å². The van der Waals surface area contributed by atoms with Gasteiger partial charge < -0.3 is 4.43 Å². The summed E-state index contributed by atoms with van der Waals surface area (Å²) in [5, 5.41) is 0.618. The Balaban J connectivity index is 1.95. The number of likely N-dealkylation sites (tertiary alicyclic amines) is 1. The molecule has 0 spiro atoms. The van der Waals surface area contributed by atoms with Crippen LogP contribution in [0.4, 0.5) is 0 Å². The van der Waals surface area contributed by atoms with Crippen LogP contribution in [0.1, 0.15) is 42.7 Å². The number of nitrogens with zero attached hydrogens (tertiary/aromatic N) is 1. The zero-order valence-electron chi connectivity index (χ0n) is 16.5. The molecule has 0 saturated carbocycles. The molecule has 0 bridgehead atoms. The number of imide groups is 1. The fraction of sp³-hybridized carbons (Fsp3) is 0.364. The van der Waals surface area contributed by atoms with Crippen molar-refractivity contribution in [1.29, 1.82) is 0 Å². The molecular weight excluding hydrogens is 390 g/mol. The molecule has 2 atom stereocenters. The molecule has 0 aromatic heterocycles. The van der Waals surface area contributed by atoms with Gasteiger partial charge in [-0.3, -0.25) is 14.5 Å². The van der Waals surface area contributed by atoms with Crippen molar-refractivity contribution in [2.75, 3.05) is 0 Å². The molecule has 28 heavy (non-hydrogen) atoms. The number of β-lactam (4-membered cyclic amide) rings is 1. The van der Waals surface area contributed by atoms with Crippen molar-refractivity contribution in [2.45, 2.75) is 51.0 Å². The summed E-state index contributed by atoms with van der Waals surface area (Å²) in [6, 6.07) is 18.6. The number of hydrogen-bond donors (Lipinski definition) is 0. The highest BCUT2D eigenvalue weighted by Gasteiger charge is 2.54. The second-order valence-electron chi connectivity index (χ2n) is 7.16. The lowest BCUT2D eigenvalue weighted by molar-refractivity contribution is -0.158. The van der Waals surface area contributed by atoms with Crippen LogP contribution in [-0.4, -0.2) is 31.1 Å². The molecule has 2 amide bonds. The first-order chi connectivity index (χ1) is 13.5. The number of carbonyl (C=O) groups is 2. The topological polar surface area (TPSA) is 46.6 Å². The minimum absolute atomic E-state index is 0.249. The summed E-state index contributed by atoms with van der Waals surface area (Å²) in [5.41, 5.74) is 1.36. The molecule has 2 aromatic carbocycles. The van der Waals surface area contributed by atoms with Crippen LogP contribution in [-0.2, 0) is 9.22 Å². The first-order valence-corrected chi connectivity index (χ1v) is 12.7. The molecule has 0 N–H and O–H groups in total. The van der Waals surface area contributed by atoms with Gasteiger partial charge in [0.1, 0.15) is 0 Å². The van der Waals surface area contributed by atoms with E-state index in [4.69, 9.17) is 16.0 Å². The number of amides is 2. The summed E-state index contributed by atoms with van der Waals surface area (Å²) in [7, 11) is -2.01. The van der Waals surface area contributed by atoms with E-state index in [0.29, 0.717) is 10.6 Å². The minimum Gasteiger partial charge on any atom is -0.403 e. The fourth-order valence-electron chi connectivity index (χ4n) is 3.78. The van der Waals surface area contributed by atoms with E-state index in [0.717, 1.165) is 23.7 Å². The molecule has 3 rings (SSSR count). The van der Waals surface area contributed by atoms with Crippen LogP contribution in [0.5, 0.6) is 0 Å². The summed E-state index contributed by atoms with van der Waals surface area (Å²) < 4.78 is 6.51. The van der Waals surface area contributed by atoms with Gasteiger partial charge in [-0.15, -0.1) is 0 Å². The molecule has 0 aliphatic carbocycles. The molecule has 1 aliphatic rings. The van der Waals surface area contributed by atoms with Crippen molar-refractivity contribution in [3.05, 3.63) is 70.7 Å². The van der Waals surface area contributed by atoms with Crippen molar-refractivity contribution < 1.29 is 14.0 Å². The molecule has 1 fully saturated rings. The van der Waals surface area contributed by atoms with Gasteiger partial charge in [0.15, 0.2) is 14.4 Å². The van der Waals surface area contributed by atoms with Crippen LogP contribution < -0.4 is 0 Å². The summed E-state index contributed by atoms with van der Waals surface area (Å²) in [4.78, 5) is 27.4. The molecule has 1 saturated heterocycles. The zero-order valence-corrected chi connectivity index (χ0v) is 18.3. The molecule has 6 heteroatoms. The number of halogens is 1. The van der Waals surface area contributed by atoms with Crippen molar-refractivity contribution in [3.63, 3.8) is 0 Å². The molecular formula is C22H26ClNO3Si. The first kappa shape index (κ1) is 20.8. The maximum Gasteiger partial charge on any atom is 0.261 e. The number of hydrogen-bond acceptors (Lipinski definition) is 3. The van der Waals surface area contributed by atoms with Gasteiger partial charge >= 0.3 is 0 Å². The Morgan fingerprint density at radius 1 is 1.00 bits per heavy atom. The smallest absolute Gasteiger partial charge is 0.261 e. The largest absolute Gasteiger partial charge is 0.403 e. The second kappa shape index (κ2) is 8.60. The van der Waals surface area contributed by atoms with Crippen molar-refractivity contribution in [2.24, 2.45) is 0 Å². The highest BCUT2D eigenvalue weighted by Crippen LogP contribution is 2.41. The van der Waals surface area contributed by atoms with E-state index >= 15 is 0 Å². The van der Waals surface area contributed by atoms with Gasteiger partial charge in [-0.2, -0.15) is 0 Å². The van der Waals surface area contributed by atoms with Gasteiger partial charge in [0.25, 0.3) is 11.8 Å².